The summed E-state index contributed by atoms with van der Waals surface area (Å²) < 4.78 is 0. The van der Waals surface area contributed by atoms with Crippen molar-refractivity contribution >= 4 is 29.8 Å². The van der Waals surface area contributed by atoms with E-state index in [2.05, 4.69) is 15.0 Å². The number of hydrogen-bond donors (Lipinski definition) is 5. The van der Waals surface area contributed by atoms with Gasteiger partial charge in [0.25, 0.3) is 0 Å². The second kappa shape index (κ2) is 12.0. The van der Waals surface area contributed by atoms with Crippen LogP contribution in [-0.4, -0.2) is 37.1 Å². The zero-order chi connectivity index (χ0) is 17.7. The van der Waals surface area contributed by atoms with Crippen molar-refractivity contribution in [2.75, 3.05) is 17.2 Å². The van der Waals surface area contributed by atoms with Crippen LogP contribution in [0.3, 0.4) is 0 Å². The molecule has 1 heterocycles. The predicted molar refractivity (Wildman–Crippen MR) is 85.3 cm³/mol. The standard InChI is InChI=1S/C10H18O4.C3H6N6/c11-9(12)7-5-3-1-2-4-6-8-10(13)14;4-1-7-2(5)9-3(6)8-1/h1-8H2,(H,11,12)(H,13,14);(H6,4,5,6,7,8,9). The number of hydrogen-bond acceptors (Lipinski definition) is 8. The van der Waals surface area contributed by atoms with E-state index in [9.17, 15) is 9.59 Å². The number of nitrogens with zero attached hydrogens (tertiary/aromatic N) is 3. The molecule has 8 N–H and O–H groups in total. The van der Waals surface area contributed by atoms with Crippen molar-refractivity contribution in [3.8, 4) is 0 Å². The molecule has 1 rings (SSSR count). The lowest BCUT2D eigenvalue weighted by Crippen LogP contribution is -2.05. The van der Waals surface area contributed by atoms with E-state index >= 15 is 0 Å². The Kier molecular flexibility index (Phi) is 10.6. The van der Waals surface area contributed by atoms with E-state index in [-0.39, 0.29) is 30.7 Å². The third kappa shape index (κ3) is 14.1. The van der Waals surface area contributed by atoms with Crippen molar-refractivity contribution in [1.29, 1.82) is 0 Å². The van der Waals surface area contributed by atoms with Gasteiger partial charge in [-0.15, -0.1) is 0 Å². The largest absolute Gasteiger partial charge is 0.481 e. The highest BCUT2D eigenvalue weighted by Crippen LogP contribution is 2.08. The number of carboxylic acids is 2. The van der Waals surface area contributed by atoms with Crippen molar-refractivity contribution in [3.05, 3.63) is 0 Å². The van der Waals surface area contributed by atoms with Gasteiger partial charge in [0.05, 0.1) is 0 Å². The number of nitrogens with two attached hydrogens (primary N) is 3. The molecule has 0 bridgehead atoms. The van der Waals surface area contributed by atoms with Gasteiger partial charge in [0.2, 0.25) is 17.8 Å². The lowest BCUT2D eigenvalue weighted by atomic mass is 10.1. The quantitative estimate of drug-likeness (QED) is 0.406. The molecule has 0 aromatic carbocycles. The summed E-state index contributed by atoms with van der Waals surface area (Å²) in [5.41, 5.74) is 15.4. The molecular weight excluding hydrogens is 304 g/mol. The molecule has 0 amide bonds. The minimum absolute atomic E-state index is 0.0417. The van der Waals surface area contributed by atoms with Crippen LogP contribution in [0.1, 0.15) is 51.4 Å². The molecule has 0 aliphatic carbocycles. The molecule has 1 aromatic rings. The second-order valence-electron chi connectivity index (χ2n) is 4.82. The number of nitrogen functional groups attached to an aromatic ring is 3. The summed E-state index contributed by atoms with van der Waals surface area (Å²) in [5, 5.41) is 16.7. The van der Waals surface area contributed by atoms with Gasteiger partial charge >= 0.3 is 11.9 Å². The van der Waals surface area contributed by atoms with Crippen LogP contribution in [0.25, 0.3) is 0 Å². The Morgan fingerprint density at radius 1 is 0.652 bits per heavy atom. The molecule has 130 valence electrons. The van der Waals surface area contributed by atoms with E-state index in [1.54, 1.807) is 0 Å². The zero-order valence-corrected chi connectivity index (χ0v) is 12.9. The summed E-state index contributed by atoms with van der Waals surface area (Å²) in [4.78, 5) is 30.8. The predicted octanol–water partition coefficient (Wildman–Crippen LogP) is 0.895. The van der Waals surface area contributed by atoms with Gasteiger partial charge in [0, 0.05) is 12.8 Å². The van der Waals surface area contributed by atoms with Crippen molar-refractivity contribution in [3.63, 3.8) is 0 Å². The smallest absolute Gasteiger partial charge is 0.303 e. The first kappa shape index (κ1) is 20.3. The molecule has 0 spiro atoms. The number of aromatic nitrogens is 3. The van der Waals surface area contributed by atoms with Crippen molar-refractivity contribution < 1.29 is 19.8 Å². The molecule has 0 aliphatic rings. The number of carboxylic acid groups (broad SMARTS) is 2. The van der Waals surface area contributed by atoms with Gasteiger partial charge in [-0.25, -0.2) is 0 Å². The van der Waals surface area contributed by atoms with Crippen LogP contribution in [0, 0.1) is 0 Å². The van der Waals surface area contributed by atoms with Crippen LogP contribution < -0.4 is 17.2 Å². The van der Waals surface area contributed by atoms with Crippen LogP contribution in [0.15, 0.2) is 0 Å². The summed E-state index contributed by atoms with van der Waals surface area (Å²) in [6.45, 7) is 0. The highest BCUT2D eigenvalue weighted by molar-refractivity contribution is 5.66. The third-order valence-corrected chi connectivity index (χ3v) is 2.72. The monoisotopic (exact) mass is 328 g/mol. The first-order chi connectivity index (χ1) is 10.8. The number of rotatable bonds is 9. The van der Waals surface area contributed by atoms with E-state index in [0.717, 1.165) is 38.5 Å². The van der Waals surface area contributed by atoms with Crippen molar-refractivity contribution in [2.45, 2.75) is 51.4 Å². The molecule has 0 atom stereocenters. The normalized spacial score (nSPS) is 9.74. The average Bonchev–Trinajstić information content (AvgIpc) is 2.40. The van der Waals surface area contributed by atoms with Crippen molar-refractivity contribution in [1.82, 2.24) is 15.0 Å². The van der Waals surface area contributed by atoms with E-state index in [0.29, 0.717) is 0 Å². The van der Waals surface area contributed by atoms with Crippen LogP contribution in [0.5, 0.6) is 0 Å². The SMILES string of the molecule is Nc1nc(N)nc(N)n1.O=C(O)CCCCCCCCC(=O)O. The number of aliphatic carboxylic acids is 2. The van der Waals surface area contributed by atoms with Gasteiger partial charge in [0.1, 0.15) is 0 Å². The molecule has 0 aliphatic heterocycles. The Balaban J connectivity index is 0.000000459. The molecule has 0 fully saturated rings. The average molecular weight is 328 g/mol. The fourth-order valence-electron chi connectivity index (χ4n) is 1.69. The highest BCUT2D eigenvalue weighted by Gasteiger charge is 1.98. The fourth-order valence-corrected chi connectivity index (χ4v) is 1.69. The van der Waals surface area contributed by atoms with E-state index in [1.807, 2.05) is 0 Å². The van der Waals surface area contributed by atoms with E-state index < -0.39 is 11.9 Å². The summed E-state index contributed by atoms with van der Waals surface area (Å²) in [7, 11) is 0. The summed E-state index contributed by atoms with van der Waals surface area (Å²) in [6, 6.07) is 0. The van der Waals surface area contributed by atoms with Gasteiger partial charge in [-0.2, -0.15) is 15.0 Å². The lowest BCUT2D eigenvalue weighted by molar-refractivity contribution is -0.138. The first-order valence-corrected chi connectivity index (χ1v) is 7.27. The van der Waals surface area contributed by atoms with Gasteiger partial charge in [-0.05, 0) is 12.8 Å². The van der Waals surface area contributed by atoms with Crippen LogP contribution in [-0.2, 0) is 9.59 Å². The van der Waals surface area contributed by atoms with Crippen LogP contribution in [0.2, 0.25) is 0 Å². The van der Waals surface area contributed by atoms with E-state index in [4.69, 9.17) is 27.4 Å². The maximum absolute atomic E-state index is 10.1. The number of carbonyl (C=O) groups is 2. The Labute approximate surface area is 134 Å². The molecule has 0 saturated carbocycles. The maximum Gasteiger partial charge on any atom is 0.303 e. The van der Waals surface area contributed by atoms with Gasteiger partial charge in [-0.3, -0.25) is 9.59 Å². The topological polar surface area (TPSA) is 191 Å². The van der Waals surface area contributed by atoms with Crippen LogP contribution in [0.4, 0.5) is 17.8 Å². The molecule has 0 unspecified atom stereocenters. The Bertz CT molecular complexity index is 427. The van der Waals surface area contributed by atoms with Crippen LogP contribution >= 0.6 is 0 Å². The minimum atomic E-state index is -0.740. The molecular formula is C13H24N6O4. The Morgan fingerprint density at radius 2 is 0.913 bits per heavy atom. The lowest BCUT2D eigenvalue weighted by Gasteiger charge is -1.98. The summed E-state index contributed by atoms with van der Waals surface area (Å²) in [5.74, 6) is -1.35. The molecule has 0 radical (unpaired) electrons. The molecule has 23 heavy (non-hydrogen) atoms. The van der Waals surface area contributed by atoms with Gasteiger partial charge < -0.3 is 27.4 Å². The summed E-state index contributed by atoms with van der Waals surface area (Å²) >= 11 is 0. The van der Waals surface area contributed by atoms with Gasteiger partial charge in [-0.1, -0.05) is 25.7 Å². The Morgan fingerprint density at radius 3 is 1.17 bits per heavy atom. The molecule has 10 nitrogen and oxygen atoms in total. The number of anilines is 3. The first-order valence-electron chi connectivity index (χ1n) is 7.27. The third-order valence-electron chi connectivity index (χ3n) is 2.72. The minimum Gasteiger partial charge on any atom is -0.481 e. The highest BCUT2D eigenvalue weighted by atomic mass is 16.4. The second-order valence-corrected chi connectivity index (χ2v) is 4.82. The molecule has 10 heteroatoms. The Hall–Kier alpha value is -2.65. The zero-order valence-electron chi connectivity index (χ0n) is 12.9. The van der Waals surface area contributed by atoms with E-state index in [1.165, 1.54) is 0 Å². The van der Waals surface area contributed by atoms with Gasteiger partial charge in [0.15, 0.2) is 0 Å². The molecule has 0 saturated heterocycles. The molecule has 1 aromatic heterocycles. The fraction of sp³-hybridized carbons (Fsp3) is 0.615. The van der Waals surface area contributed by atoms with Crippen molar-refractivity contribution in [2.24, 2.45) is 0 Å². The summed E-state index contributed by atoms with van der Waals surface area (Å²) in [6.07, 6.45) is 5.82. The maximum atomic E-state index is 10.1. The number of unbranched alkanes of at least 4 members (excludes halogenated alkanes) is 5.